The highest BCUT2D eigenvalue weighted by atomic mass is 32.2. The van der Waals surface area contributed by atoms with Gasteiger partial charge in [-0.15, -0.1) is 0 Å². The quantitative estimate of drug-likeness (QED) is 0.613. The highest BCUT2D eigenvalue weighted by molar-refractivity contribution is 7.90. The van der Waals surface area contributed by atoms with Crippen molar-refractivity contribution in [2.75, 3.05) is 25.1 Å². The minimum Gasteiger partial charge on any atom is -0.342 e. The molecule has 1 fully saturated rings. The van der Waals surface area contributed by atoms with Crippen molar-refractivity contribution < 1.29 is 13.2 Å². The van der Waals surface area contributed by atoms with Gasteiger partial charge in [-0.25, -0.2) is 8.42 Å². The van der Waals surface area contributed by atoms with Crippen LogP contribution < -0.4 is 0 Å². The zero-order chi connectivity index (χ0) is 9.19. The third-order valence-electron chi connectivity index (χ3n) is 1.90. The van der Waals surface area contributed by atoms with Gasteiger partial charge in [0.1, 0.15) is 9.84 Å². The topological polar surface area (TPSA) is 54.5 Å². The van der Waals surface area contributed by atoms with Crippen LogP contribution in [-0.4, -0.2) is 44.3 Å². The highest BCUT2D eigenvalue weighted by Crippen LogP contribution is 2.08. The SMILES string of the molecule is CS(=O)(=O)CCN1CCCC1=O. The smallest absolute Gasteiger partial charge is 0.222 e. The van der Waals surface area contributed by atoms with Gasteiger partial charge in [-0.1, -0.05) is 0 Å². The number of hydrogen-bond donors (Lipinski definition) is 0. The second-order valence-corrected chi connectivity index (χ2v) is 5.37. The molecule has 1 aliphatic rings. The van der Waals surface area contributed by atoms with E-state index < -0.39 is 9.84 Å². The number of hydrogen-bond acceptors (Lipinski definition) is 3. The van der Waals surface area contributed by atoms with Crippen molar-refractivity contribution in [3.05, 3.63) is 0 Å². The molecule has 0 aromatic rings. The van der Waals surface area contributed by atoms with Crippen molar-refractivity contribution in [3.8, 4) is 0 Å². The summed E-state index contributed by atoms with van der Waals surface area (Å²) >= 11 is 0. The first-order valence-electron chi connectivity index (χ1n) is 3.94. The number of amides is 1. The summed E-state index contributed by atoms with van der Waals surface area (Å²) in [5, 5.41) is 0. The molecule has 1 saturated heterocycles. The third-order valence-corrected chi connectivity index (χ3v) is 2.83. The Morgan fingerprint density at radius 3 is 2.58 bits per heavy atom. The van der Waals surface area contributed by atoms with Crippen LogP contribution in [0.2, 0.25) is 0 Å². The fourth-order valence-corrected chi connectivity index (χ4v) is 1.77. The minimum atomic E-state index is -2.93. The van der Waals surface area contributed by atoms with E-state index in [0.717, 1.165) is 6.42 Å². The normalized spacial score (nSPS) is 18.8. The number of sulfone groups is 1. The van der Waals surface area contributed by atoms with Gasteiger partial charge >= 0.3 is 0 Å². The molecule has 0 bridgehead atoms. The van der Waals surface area contributed by atoms with E-state index in [0.29, 0.717) is 19.5 Å². The van der Waals surface area contributed by atoms with Crippen molar-refractivity contribution >= 4 is 15.7 Å². The fraction of sp³-hybridized carbons (Fsp3) is 0.857. The van der Waals surface area contributed by atoms with Crippen molar-refractivity contribution in [2.24, 2.45) is 0 Å². The average Bonchev–Trinajstić information content (AvgIpc) is 2.29. The van der Waals surface area contributed by atoms with Gasteiger partial charge in [0, 0.05) is 25.8 Å². The van der Waals surface area contributed by atoms with Crippen LogP contribution in [0.15, 0.2) is 0 Å². The van der Waals surface area contributed by atoms with Crippen molar-refractivity contribution in [1.82, 2.24) is 4.90 Å². The fourth-order valence-electron chi connectivity index (χ4n) is 1.22. The molecule has 0 unspecified atom stereocenters. The van der Waals surface area contributed by atoms with Crippen molar-refractivity contribution in [3.63, 3.8) is 0 Å². The molecule has 0 aliphatic carbocycles. The van der Waals surface area contributed by atoms with Crippen LogP contribution in [0.1, 0.15) is 12.8 Å². The molecule has 0 radical (unpaired) electrons. The van der Waals surface area contributed by atoms with Crippen LogP contribution in [0.25, 0.3) is 0 Å². The number of carbonyl (C=O) groups is 1. The van der Waals surface area contributed by atoms with Gasteiger partial charge in [0.15, 0.2) is 0 Å². The monoisotopic (exact) mass is 191 g/mol. The standard InChI is InChI=1S/C7H13NO3S/c1-12(10,11)6-5-8-4-2-3-7(8)9/h2-6H2,1H3. The molecular weight excluding hydrogens is 178 g/mol. The second-order valence-electron chi connectivity index (χ2n) is 3.11. The predicted octanol–water partition coefficient (Wildman–Crippen LogP) is -0.347. The summed E-state index contributed by atoms with van der Waals surface area (Å²) in [6, 6.07) is 0. The predicted molar refractivity (Wildman–Crippen MR) is 45.5 cm³/mol. The Bertz CT molecular complexity index is 270. The molecule has 12 heavy (non-hydrogen) atoms. The summed E-state index contributed by atoms with van der Waals surface area (Å²) in [6.07, 6.45) is 2.62. The third kappa shape index (κ3) is 2.81. The molecule has 4 nitrogen and oxygen atoms in total. The molecule has 0 saturated carbocycles. The van der Waals surface area contributed by atoms with Crippen LogP contribution in [0.5, 0.6) is 0 Å². The molecule has 0 aromatic heterocycles. The lowest BCUT2D eigenvalue weighted by Gasteiger charge is -2.13. The van der Waals surface area contributed by atoms with Crippen LogP contribution in [0.4, 0.5) is 0 Å². The molecule has 5 heteroatoms. The lowest BCUT2D eigenvalue weighted by Crippen LogP contribution is -2.29. The van der Waals surface area contributed by atoms with Crippen LogP contribution in [0, 0.1) is 0 Å². The van der Waals surface area contributed by atoms with Crippen LogP contribution in [-0.2, 0) is 14.6 Å². The summed E-state index contributed by atoms with van der Waals surface area (Å²) in [4.78, 5) is 12.6. The molecule has 70 valence electrons. The first-order chi connectivity index (χ1) is 5.49. The first kappa shape index (κ1) is 9.51. The Hall–Kier alpha value is -0.580. The number of carbonyl (C=O) groups excluding carboxylic acids is 1. The maximum atomic E-state index is 11.0. The Morgan fingerprint density at radius 2 is 2.17 bits per heavy atom. The zero-order valence-electron chi connectivity index (χ0n) is 7.12. The Labute approximate surface area is 72.5 Å². The maximum absolute atomic E-state index is 11.0. The van der Waals surface area contributed by atoms with E-state index in [9.17, 15) is 13.2 Å². The summed E-state index contributed by atoms with van der Waals surface area (Å²) in [5.74, 6) is 0.164. The molecule has 0 atom stereocenters. The van der Waals surface area contributed by atoms with E-state index in [2.05, 4.69) is 0 Å². The Kier molecular flexibility index (Phi) is 2.72. The molecule has 0 N–H and O–H groups in total. The summed E-state index contributed by atoms with van der Waals surface area (Å²) in [7, 11) is -2.93. The van der Waals surface area contributed by atoms with Gasteiger partial charge in [-0.2, -0.15) is 0 Å². The molecule has 0 aromatic carbocycles. The Balaban J connectivity index is 2.37. The molecule has 1 heterocycles. The molecular formula is C7H13NO3S. The van der Waals surface area contributed by atoms with Crippen molar-refractivity contribution in [2.45, 2.75) is 12.8 Å². The average molecular weight is 191 g/mol. The first-order valence-corrected chi connectivity index (χ1v) is 6.00. The van der Waals surface area contributed by atoms with Gasteiger partial charge in [0.2, 0.25) is 5.91 Å². The van der Waals surface area contributed by atoms with Gasteiger partial charge in [-0.05, 0) is 6.42 Å². The lowest BCUT2D eigenvalue weighted by molar-refractivity contribution is -0.127. The number of likely N-dealkylation sites (tertiary alicyclic amines) is 1. The van der Waals surface area contributed by atoms with E-state index >= 15 is 0 Å². The summed E-state index contributed by atoms with van der Waals surface area (Å²) in [5.41, 5.74) is 0. The molecule has 0 spiro atoms. The zero-order valence-corrected chi connectivity index (χ0v) is 7.93. The second kappa shape index (κ2) is 3.43. The minimum absolute atomic E-state index is 0.0821. The van der Waals surface area contributed by atoms with E-state index in [4.69, 9.17) is 0 Å². The van der Waals surface area contributed by atoms with Crippen LogP contribution >= 0.6 is 0 Å². The van der Waals surface area contributed by atoms with E-state index in [1.165, 1.54) is 6.26 Å². The van der Waals surface area contributed by atoms with Gasteiger partial charge in [-0.3, -0.25) is 4.79 Å². The van der Waals surface area contributed by atoms with Crippen molar-refractivity contribution in [1.29, 1.82) is 0 Å². The van der Waals surface area contributed by atoms with E-state index in [1.807, 2.05) is 0 Å². The highest BCUT2D eigenvalue weighted by Gasteiger charge is 2.20. The maximum Gasteiger partial charge on any atom is 0.222 e. The number of rotatable bonds is 3. The van der Waals surface area contributed by atoms with Gasteiger partial charge in [0.05, 0.1) is 5.75 Å². The largest absolute Gasteiger partial charge is 0.342 e. The van der Waals surface area contributed by atoms with E-state index in [1.54, 1.807) is 4.90 Å². The molecule has 1 amide bonds. The Morgan fingerprint density at radius 1 is 1.50 bits per heavy atom. The van der Waals surface area contributed by atoms with Crippen LogP contribution in [0.3, 0.4) is 0 Å². The van der Waals surface area contributed by atoms with Gasteiger partial charge in [0.25, 0.3) is 0 Å². The van der Waals surface area contributed by atoms with Gasteiger partial charge < -0.3 is 4.90 Å². The molecule has 1 rings (SSSR count). The summed E-state index contributed by atoms with van der Waals surface area (Å²) < 4.78 is 21.5. The van der Waals surface area contributed by atoms with E-state index in [-0.39, 0.29) is 11.7 Å². The number of nitrogens with zero attached hydrogens (tertiary/aromatic N) is 1. The lowest BCUT2D eigenvalue weighted by atomic mass is 10.4. The summed E-state index contributed by atoms with van der Waals surface area (Å²) in [6.45, 7) is 1.08. The molecule has 1 aliphatic heterocycles.